The maximum atomic E-state index is 11.8. The van der Waals surface area contributed by atoms with Gasteiger partial charge in [-0.05, 0) is 31.9 Å². The van der Waals surface area contributed by atoms with E-state index in [1.54, 1.807) is 24.1 Å². The van der Waals surface area contributed by atoms with E-state index < -0.39 is 0 Å². The van der Waals surface area contributed by atoms with Crippen molar-refractivity contribution in [3.8, 4) is 0 Å². The molecule has 0 spiro atoms. The van der Waals surface area contributed by atoms with E-state index in [-0.39, 0.29) is 5.91 Å². The van der Waals surface area contributed by atoms with Crippen molar-refractivity contribution in [2.24, 2.45) is 0 Å². The summed E-state index contributed by atoms with van der Waals surface area (Å²) < 4.78 is 5.28. The first-order valence-electron chi connectivity index (χ1n) is 5.53. The second-order valence-electron chi connectivity index (χ2n) is 3.89. The second-order valence-corrected chi connectivity index (χ2v) is 4.26. The SMILES string of the molecule is Cc1ccc(C(=O)N(C)CCCCCCl)o1. The van der Waals surface area contributed by atoms with Gasteiger partial charge in [-0.2, -0.15) is 0 Å². The number of hydrogen-bond acceptors (Lipinski definition) is 2. The summed E-state index contributed by atoms with van der Waals surface area (Å²) >= 11 is 5.58. The molecular formula is C12H18ClNO2. The molecule has 4 heteroatoms. The van der Waals surface area contributed by atoms with Crippen LogP contribution in [-0.4, -0.2) is 30.3 Å². The van der Waals surface area contributed by atoms with Crippen LogP contribution in [0.5, 0.6) is 0 Å². The third-order valence-corrected chi connectivity index (χ3v) is 2.69. The Hall–Kier alpha value is -0.960. The van der Waals surface area contributed by atoms with Gasteiger partial charge in [0.15, 0.2) is 5.76 Å². The van der Waals surface area contributed by atoms with E-state index in [2.05, 4.69) is 0 Å². The lowest BCUT2D eigenvalue weighted by atomic mass is 10.2. The fraction of sp³-hybridized carbons (Fsp3) is 0.583. The molecule has 0 aliphatic rings. The Morgan fingerprint density at radius 1 is 1.38 bits per heavy atom. The van der Waals surface area contributed by atoms with Crippen molar-refractivity contribution in [3.63, 3.8) is 0 Å². The number of halogens is 1. The fourth-order valence-corrected chi connectivity index (χ4v) is 1.65. The predicted molar refractivity (Wildman–Crippen MR) is 65.0 cm³/mol. The summed E-state index contributed by atoms with van der Waals surface area (Å²) in [5, 5.41) is 0. The molecule has 0 saturated carbocycles. The van der Waals surface area contributed by atoms with Crippen LogP contribution < -0.4 is 0 Å². The zero-order valence-corrected chi connectivity index (χ0v) is 10.6. The van der Waals surface area contributed by atoms with Crippen LogP contribution in [0.25, 0.3) is 0 Å². The van der Waals surface area contributed by atoms with Crippen molar-refractivity contribution in [3.05, 3.63) is 23.7 Å². The Morgan fingerprint density at radius 2 is 2.12 bits per heavy atom. The minimum atomic E-state index is -0.0565. The summed E-state index contributed by atoms with van der Waals surface area (Å²) in [5.41, 5.74) is 0. The van der Waals surface area contributed by atoms with Crippen LogP contribution in [0.3, 0.4) is 0 Å². The zero-order valence-electron chi connectivity index (χ0n) is 9.83. The van der Waals surface area contributed by atoms with Gasteiger partial charge < -0.3 is 9.32 Å². The highest BCUT2D eigenvalue weighted by Gasteiger charge is 2.14. The van der Waals surface area contributed by atoms with Crippen molar-refractivity contribution < 1.29 is 9.21 Å². The van der Waals surface area contributed by atoms with E-state index in [1.165, 1.54) is 0 Å². The highest BCUT2D eigenvalue weighted by Crippen LogP contribution is 2.09. The summed E-state index contributed by atoms with van der Waals surface area (Å²) in [4.78, 5) is 13.5. The first-order chi connectivity index (χ1) is 7.65. The van der Waals surface area contributed by atoms with Gasteiger partial charge in [-0.3, -0.25) is 4.79 Å². The van der Waals surface area contributed by atoms with Crippen LogP contribution in [0.2, 0.25) is 0 Å². The van der Waals surface area contributed by atoms with Gasteiger partial charge in [0.05, 0.1) is 0 Å². The molecule has 1 rings (SSSR count). The van der Waals surface area contributed by atoms with Gasteiger partial charge in [0.2, 0.25) is 0 Å². The monoisotopic (exact) mass is 243 g/mol. The van der Waals surface area contributed by atoms with Gasteiger partial charge in [0.1, 0.15) is 5.76 Å². The average molecular weight is 244 g/mol. The number of aryl methyl sites for hydroxylation is 1. The second kappa shape index (κ2) is 6.59. The van der Waals surface area contributed by atoms with Gasteiger partial charge in [0, 0.05) is 19.5 Å². The summed E-state index contributed by atoms with van der Waals surface area (Å²) in [6.45, 7) is 2.58. The van der Waals surface area contributed by atoms with Crippen molar-refractivity contribution >= 4 is 17.5 Å². The molecule has 0 aliphatic heterocycles. The Balaban J connectivity index is 2.36. The maximum absolute atomic E-state index is 11.8. The van der Waals surface area contributed by atoms with Crippen molar-refractivity contribution in [1.29, 1.82) is 0 Å². The number of carbonyl (C=O) groups is 1. The molecular weight excluding hydrogens is 226 g/mol. The van der Waals surface area contributed by atoms with Crippen molar-refractivity contribution in [1.82, 2.24) is 4.90 Å². The van der Waals surface area contributed by atoms with Crippen LogP contribution in [0.1, 0.15) is 35.6 Å². The number of alkyl halides is 1. The summed E-state index contributed by atoms with van der Waals surface area (Å²) in [6, 6.07) is 3.52. The van der Waals surface area contributed by atoms with Gasteiger partial charge in [-0.1, -0.05) is 6.42 Å². The Bertz CT molecular complexity index is 336. The highest BCUT2D eigenvalue weighted by atomic mass is 35.5. The highest BCUT2D eigenvalue weighted by molar-refractivity contribution is 6.17. The molecule has 0 atom stereocenters. The molecule has 1 aromatic rings. The van der Waals surface area contributed by atoms with Crippen LogP contribution >= 0.6 is 11.6 Å². The Kier molecular flexibility index (Phi) is 5.39. The minimum Gasteiger partial charge on any atom is -0.456 e. The third kappa shape index (κ3) is 3.89. The molecule has 0 fully saturated rings. The minimum absolute atomic E-state index is 0.0565. The molecule has 16 heavy (non-hydrogen) atoms. The normalized spacial score (nSPS) is 10.4. The van der Waals surface area contributed by atoms with E-state index >= 15 is 0 Å². The molecule has 0 aliphatic carbocycles. The number of hydrogen-bond donors (Lipinski definition) is 0. The molecule has 0 N–H and O–H groups in total. The molecule has 0 radical (unpaired) electrons. The van der Waals surface area contributed by atoms with Crippen LogP contribution in [-0.2, 0) is 0 Å². The Morgan fingerprint density at radius 3 is 2.69 bits per heavy atom. The van der Waals surface area contributed by atoms with E-state index in [1.807, 2.05) is 6.92 Å². The summed E-state index contributed by atoms with van der Waals surface area (Å²) in [6.07, 6.45) is 3.04. The molecule has 0 saturated heterocycles. The van der Waals surface area contributed by atoms with Crippen LogP contribution in [0.4, 0.5) is 0 Å². The lowest BCUT2D eigenvalue weighted by Crippen LogP contribution is -2.27. The molecule has 1 heterocycles. The third-order valence-electron chi connectivity index (χ3n) is 2.42. The molecule has 1 aromatic heterocycles. The predicted octanol–water partition coefficient (Wildman–Crippen LogP) is 3.07. The maximum Gasteiger partial charge on any atom is 0.289 e. The molecule has 0 aromatic carbocycles. The van der Waals surface area contributed by atoms with Gasteiger partial charge in [-0.25, -0.2) is 0 Å². The topological polar surface area (TPSA) is 33.5 Å². The standard InChI is InChI=1S/C12H18ClNO2/c1-10-6-7-11(16-10)12(15)14(2)9-5-3-4-8-13/h6-7H,3-5,8-9H2,1-2H3. The largest absolute Gasteiger partial charge is 0.456 e. The van der Waals surface area contributed by atoms with E-state index in [0.29, 0.717) is 11.6 Å². The number of carbonyl (C=O) groups excluding carboxylic acids is 1. The summed E-state index contributed by atoms with van der Waals surface area (Å²) in [7, 11) is 1.79. The van der Waals surface area contributed by atoms with Gasteiger partial charge in [-0.15, -0.1) is 11.6 Å². The fourth-order valence-electron chi connectivity index (χ4n) is 1.46. The molecule has 90 valence electrons. The zero-order chi connectivity index (χ0) is 12.0. The average Bonchev–Trinajstić information content (AvgIpc) is 2.70. The first-order valence-corrected chi connectivity index (χ1v) is 6.06. The van der Waals surface area contributed by atoms with Gasteiger partial charge in [0.25, 0.3) is 5.91 Å². The number of amides is 1. The van der Waals surface area contributed by atoms with Crippen LogP contribution in [0, 0.1) is 6.92 Å². The smallest absolute Gasteiger partial charge is 0.289 e. The van der Waals surface area contributed by atoms with Gasteiger partial charge >= 0.3 is 0 Å². The van der Waals surface area contributed by atoms with Crippen molar-refractivity contribution in [2.75, 3.05) is 19.5 Å². The van der Waals surface area contributed by atoms with Crippen LogP contribution in [0.15, 0.2) is 16.5 Å². The quantitative estimate of drug-likeness (QED) is 0.568. The summed E-state index contributed by atoms with van der Waals surface area (Å²) in [5.74, 6) is 1.81. The first kappa shape index (κ1) is 13.1. The molecule has 0 unspecified atom stereocenters. The van der Waals surface area contributed by atoms with E-state index in [9.17, 15) is 4.79 Å². The molecule has 0 bridgehead atoms. The lowest BCUT2D eigenvalue weighted by Gasteiger charge is -2.15. The van der Waals surface area contributed by atoms with Crippen molar-refractivity contribution in [2.45, 2.75) is 26.2 Å². The van der Waals surface area contributed by atoms with E-state index in [0.717, 1.165) is 31.6 Å². The lowest BCUT2D eigenvalue weighted by molar-refractivity contribution is 0.0760. The number of unbranched alkanes of at least 4 members (excludes halogenated alkanes) is 2. The molecule has 3 nitrogen and oxygen atoms in total. The number of nitrogens with zero attached hydrogens (tertiary/aromatic N) is 1. The Labute approximate surface area is 101 Å². The van der Waals surface area contributed by atoms with E-state index in [4.69, 9.17) is 16.0 Å². The molecule has 1 amide bonds. The number of furan rings is 1. The number of rotatable bonds is 6.